The Balaban J connectivity index is 0.00000208. The van der Waals surface area contributed by atoms with Crippen LogP contribution >= 0.6 is 0 Å². The molecule has 1 heterocycles. The van der Waals surface area contributed by atoms with Crippen LogP contribution in [0.15, 0.2) is 54.6 Å². The zero-order chi connectivity index (χ0) is 16.1. The number of rotatable bonds is 5. The highest BCUT2D eigenvalue weighted by Gasteiger charge is 2.28. The fourth-order valence-corrected chi connectivity index (χ4v) is 3.35. The van der Waals surface area contributed by atoms with Crippen molar-refractivity contribution in [2.24, 2.45) is 0 Å². The molecule has 1 N–H and O–H groups in total. The molecule has 1 aliphatic heterocycles. The van der Waals surface area contributed by atoms with Gasteiger partial charge < -0.3 is 9.84 Å². The van der Waals surface area contributed by atoms with E-state index in [0.717, 1.165) is 38.1 Å². The summed E-state index contributed by atoms with van der Waals surface area (Å²) in [5.41, 5.74) is 2.63. The van der Waals surface area contributed by atoms with Crippen LogP contribution in [0.4, 0.5) is 0 Å². The van der Waals surface area contributed by atoms with Crippen molar-refractivity contribution < 1.29 is 9.84 Å². The molecular formula is C21H29NO2. The van der Waals surface area contributed by atoms with Crippen LogP contribution in [0.2, 0.25) is 0 Å². The highest BCUT2D eigenvalue weighted by Crippen LogP contribution is 2.32. The number of hydrogen-bond acceptors (Lipinski definition) is 3. The summed E-state index contributed by atoms with van der Waals surface area (Å²) in [7, 11) is 1.69. The van der Waals surface area contributed by atoms with Crippen LogP contribution in [0.5, 0.6) is 5.75 Å². The number of methoxy groups -OCH3 is 1. The Morgan fingerprint density at radius 2 is 1.79 bits per heavy atom. The molecule has 3 heteroatoms. The van der Waals surface area contributed by atoms with Crippen molar-refractivity contribution in [1.29, 1.82) is 0 Å². The summed E-state index contributed by atoms with van der Waals surface area (Å²) in [4.78, 5) is 2.50. The number of aliphatic hydroxyl groups is 1. The molecule has 0 radical (unpaired) electrons. The Kier molecular flexibility index (Phi) is 6.83. The predicted octanol–water partition coefficient (Wildman–Crippen LogP) is 4.07. The minimum absolute atomic E-state index is 0. The summed E-state index contributed by atoms with van der Waals surface area (Å²) in [6.45, 7) is 1.97. The Labute approximate surface area is 145 Å². The molecule has 0 aliphatic carbocycles. The third-order valence-corrected chi connectivity index (χ3v) is 4.72. The molecule has 0 bridgehead atoms. The van der Waals surface area contributed by atoms with Gasteiger partial charge in [0.15, 0.2) is 0 Å². The lowest BCUT2D eigenvalue weighted by Gasteiger charge is -2.38. The Hall–Kier alpha value is -1.84. The Morgan fingerprint density at radius 1 is 1.08 bits per heavy atom. The Morgan fingerprint density at radius 3 is 2.46 bits per heavy atom. The molecule has 2 unspecified atom stereocenters. The van der Waals surface area contributed by atoms with Crippen LogP contribution in [0.25, 0.3) is 0 Å². The largest absolute Gasteiger partial charge is 0.497 e. The summed E-state index contributed by atoms with van der Waals surface area (Å²) in [5.74, 6) is 0.876. The van der Waals surface area contributed by atoms with Crippen LogP contribution in [-0.2, 0) is 6.42 Å². The molecule has 2 aromatic carbocycles. The second kappa shape index (κ2) is 8.86. The van der Waals surface area contributed by atoms with Crippen LogP contribution < -0.4 is 4.74 Å². The third-order valence-electron chi connectivity index (χ3n) is 4.72. The number of benzene rings is 2. The lowest BCUT2D eigenvalue weighted by molar-refractivity contribution is 0.0414. The lowest BCUT2D eigenvalue weighted by Crippen LogP contribution is -2.39. The molecule has 0 amide bonds. The van der Waals surface area contributed by atoms with E-state index < -0.39 is 0 Å². The number of aliphatic hydroxyl groups excluding tert-OH is 1. The van der Waals surface area contributed by atoms with Gasteiger partial charge in [0.25, 0.3) is 0 Å². The molecule has 2 aromatic rings. The smallest absolute Gasteiger partial charge is 0.118 e. The van der Waals surface area contributed by atoms with Gasteiger partial charge >= 0.3 is 0 Å². The van der Waals surface area contributed by atoms with Crippen molar-refractivity contribution in [3.8, 4) is 5.75 Å². The van der Waals surface area contributed by atoms with E-state index in [-0.39, 0.29) is 19.6 Å². The molecule has 1 aliphatic rings. The molecule has 2 atom stereocenters. The lowest BCUT2D eigenvalue weighted by atomic mass is 9.93. The van der Waals surface area contributed by atoms with Crippen molar-refractivity contribution in [3.63, 3.8) is 0 Å². The van der Waals surface area contributed by atoms with Crippen molar-refractivity contribution >= 4 is 0 Å². The van der Waals surface area contributed by atoms with Crippen LogP contribution in [-0.4, -0.2) is 36.3 Å². The molecule has 1 saturated heterocycles. The first-order valence-corrected chi connectivity index (χ1v) is 8.36. The molecule has 3 rings (SSSR count). The van der Waals surface area contributed by atoms with Gasteiger partial charge in [0.1, 0.15) is 5.75 Å². The highest BCUT2D eigenvalue weighted by atomic mass is 16.5. The van der Waals surface area contributed by atoms with Gasteiger partial charge in [-0.2, -0.15) is 0 Å². The van der Waals surface area contributed by atoms with E-state index in [2.05, 4.69) is 47.4 Å². The van der Waals surface area contributed by atoms with Gasteiger partial charge in [-0.1, -0.05) is 49.9 Å². The molecule has 1 fully saturated rings. The van der Waals surface area contributed by atoms with Gasteiger partial charge in [0, 0.05) is 19.1 Å². The van der Waals surface area contributed by atoms with Gasteiger partial charge in [-0.3, -0.25) is 4.90 Å². The molecule has 3 nitrogen and oxygen atoms in total. The average Bonchev–Trinajstić information content (AvgIpc) is 2.61. The maximum atomic E-state index is 10.1. The topological polar surface area (TPSA) is 32.7 Å². The quantitative estimate of drug-likeness (QED) is 0.898. The van der Waals surface area contributed by atoms with Crippen LogP contribution in [0, 0.1) is 0 Å². The van der Waals surface area contributed by atoms with Crippen molar-refractivity contribution in [3.05, 3.63) is 65.7 Å². The molecule has 24 heavy (non-hydrogen) atoms. The van der Waals surface area contributed by atoms with E-state index >= 15 is 0 Å². The molecule has 0 aromatic heterocycles. The van der Waals surface area contributed by atoms with Gasteiger partial charge in [-0.25, -0.2) is 0 Å². The second-order valence-electron chi connectivity index (χ2n) is 6.24. The molecule has 0 spiro atoms. The minimum Gasteiger partial charge on any atom is -0.497 e. The first-order valence-electron chi connectivity index (χ1n) is 8.36. The fraction of sp³-hybridized carbons (Fsp3) is 0.429. The minimum atomic E-state index is -0.199. The summed E-state index contributed by atoms with van der Waals surface area (Å²) >= 11 is 0. The van der Waals surface area contributed by atoms with Crippen LogP contribution in [0.1, 0.15) is 37.4 Å². The summed E-state index contributed by atoms with van der Waals surface area (Å²) in [6, 6.07) is 19.1. The first-order chi connectivity index (χ1) is 11.3. The van der Waals surface area contributed by atoms with E-state index in [1.54, 1.807) is 7.11 Å². The van der Waals surface area contributed by atoms with E-state index in [1.807, 2.05) is 12.1 Å². The van der Waals surface area contributed by atoms with Crippen molar-refractivity contribution in [2.75, 3.05) is 20.2 Å². The van der Waals surface area contributed by atoms with Crippen molar-refractivity contribution in [2.45, 2.75) is 38.8 Å². The number of nitrogens with zero attached hydrogens (tertiary/aromatic N) is 1. The maximum absolute atomic E-state index is 10.1. The monoisotopic (exact) mass is 327 g/mol. The third kappa shape index (κ3) is 4.59. The molecular weight excluding hydrogens is 298 g/mol. The Bertz CT molecular complexity index is 597. The molecule has 130 valence electrons. The number of piperidine rings is 1. The second-order valence-corrected chi connectivity index (χ2v) is 6.24. The first kappa shape index (κ1) is 18.5. The zero-order valence-corrected chi connectivity index (χ0v) is 13.7. The van der Waals surface area contributed by atoms with E-state index in [1.165, 1.54) is 11.1 Å². The van der Waals surface area contributed by atoms with E-state index in [9.17, 15) is 5.11 Å². The highest BCUT2D eigenvalue weighted by molar-refractivity contribution is 5.29. The fourth-order valence-electron chi connectivity index (χ4n) is 3.35. The normalized spacial score (nSPS) is 21.1. The SMILES string of the molecule is C.COc1ccc(C2CC(O)CCN2CCc2ccccc2)cc1. The van der Waals surface area contributed by atoms with E-state index in [0.29, 0.717) is 0 Å². The van der Waals surface area contributed by atoms with Crippen LogP contribution in [0.3, 0.4) is 0 Å². The van der Waals surface area contributed by atoms with Gasteiger partial charge in [0.2, 0.25) is 0 Å². The predicted molar refractivity (Wildman–Crippen MR) is 99.4 cm³/mol. The summed E-state index contributed by atoms with van der Waals surface area (Å²) in [6.07, 6.45) is 2.52. The maximum Gasteiger partial charge on any atom is 0.118 e. The zero-order valence-electron chi connectivity index (χ0n) is 13.7. The van der Waals surface area contributed by atoms with Crippen molar-refractivity contribution in [1.82, 2.24) is 4.90 Å². The van der Waals surface area contributed by atoms with E-state index in [4.69, 9.17) is 4.74 Å². The molecule has 0 saturated carbocycles. The number of hydrogen-bond donors (Lipinski definition) is 1. The van der Waals surface area contributed by atoms with Gasteiger partial charge in [0.05, 0.1) is 13.2 Å². The van der Waals surface area contributed by atoms with Gasteiger partial charge in [-0.05, 0) is 42.5 Å². The summed E-state index contributed by atoms with van der Waals surface area (Å²) < 4.78 is 5.25. The summed E-state index contributed by atoms with van der Waals surface area (Å²) in [5, 5.41) is 10.1. The number of ether oxygens (including phenoxy) is 1. The average molecular weight is 327 g/mol. The van der Waals surface area contributed by atoms with Gasteiger partial charge in [-0.15, -0.1) is 0 Å². The number of likely N-dealkylation sites (tertiary alicyclic amines) is 1. The standard InChI is InChI=1S/C20H25NO2.CH4/c1-23-19-9-7-17(8-10-19)20-15-18(22)12-14-21(20)13-11-16-5-3-2-4-6-16;/h2-10,18,20,22H,11-15H2,1H3;1H4.